The van der Waals surface area contributed by atoms with Crippen LogP contribution in [0.3, 0.4) is 0 Å². The number of ether oxygens (including phenoxy) is 3. The van der Waals surface area contributed by atoms with E-state index in [0.29, 0.717) is 17.1 Å². The minimum Gasteiger partial charge on any atom is -0.481 e. The third-order valence-electron chi connectivity index (χ3n) is 3.25. The summed E-state index contributed by atoms with van der Waals surface area (Å²) in [6.07, 6.45) is 0. The van der Waals surface area contributed by atoms with Gasteiger partial charge in [0.2, 0.25) is 0 Å². The van der Waals surface area contributed by atoms with Crippen molar-refractivity contribution in [3.8, 4) is 11.5 Å². The van der Waals surface area contributed by atoms with Gasteiger partial charge >= 0.3 is 11.9 Å². The summed E-state index contributed by atoms with van der Waals surface area (Å²) in [5.41, 5.74) is 2.31. The molecule has 23 heavy (non-hydrogen) atoms. The molecular formula is C18H18O5. The van der Waals surface area contributed by atoms with Crippen LogP contribution >= 0.6 is 0 Å². The predicted molar refractivity (Wildman–Crippen MR) is 84.8 cm³/mol. The van der Waals surface area contributed by atoms with Crippen LogP contribution in [0.25, 0.3) is 0 Å². The molecule has 0 aromatic heterocycles. The molecule has 2 rings (SSSR count). The molecule has 0 N–H and O–H groups in total. The molecule has 0 amide bonds. The summed E-state index contributed by atoms with van der Waals surface area (Å²) < 4.78 is 15.3. The lowest BCUT2D eigenvalue weighted by Gasteiger charge is -2.11. The SMILES string of the molecule is COC(=O)c1ccc(OC(=O)COc2c(C)cccc2C)cc1. The number of carbonyl (C=O) groups excluding carboxylic acids is 2. The Morgan fingerprint density at radius 3 is 2.13 bits per heavy atom. The fourth-order valence-electron chi connectivity index (χ4n) is 2.10. The molecule has 0 fully saturated rings. The van der Waals surface area contributed by atoms with E-state index in [1.54, 1.807) is 0 Å². The second kappa shape index (κ2) is 7.45. The van der Waals surface area contributed by atoms with Crippen LogP contribution in [0.5, 0.6) is 11.5 Å². The summed E-state index contributed by atoms with van der Waals surface area (Å²) in [6.45, 7) is 3.64. The third kappa shape index (κ3) is 4.32. The molecule has 0 saturated heterocycles. The summed E-state index contributed by atoms with van der Waals surface area (Å²) in [4.78, 5) is 23.2. The number of carbonyl (C=O) groups is 2. The fraction of sp³-hybridized carbons (Fsp3) is 0.222. The molecule has 0 aliphatic carbocycles. The van der Waals surface area contributed by atoms with Crippen LogP contribution in [0.15, 0.2) is 42.5 Å². The molecule has 0 aliphatic rings. The van der Waals surface area contributed by atoms with Gasteiger partial charge in [0.1, 0.15) is 11.5 Å². The van der Waals surface area contributed by atoms with Crippen molar-refractivity contribution < 1.29 is 23.8 Å². The molecular weight excluding hydrogens is 296 g/mol. The van der Waals surface area contributed by atoms with Gasteiger partial charge in [-0.3, -0.25) is 0 Å². The van der Waals surface area contributed by atoms with Crippen LogP contribution in [0.4, 0.5) is 0 Å². The highest BCUT2D eigenvalue weighted by molar-refractivity contribution is 5.89. The molecule has 0 saturated carbocycles. The topological polar surface area (TPSA) is 61.8 Å². The van der Waals surface area contributed by atoms with E-state index < -0.39 is 11.9 Å². The average Bonchev–Trinajstić information content (AvgIpc) is 2.54. The first-order valence-electron chi connectivity index (χ1n) is 7.09. The monoisotopic (exact) mass is 314 g/mol. The van der Waals surface area contributed by atoms with Crippen LogP contribution < -0.4 is 9.47 Å². The molecule has 2 aromatic rings. The molecule has 0 heterocycles. The van der Waals surface area contributed by atoms with E-state index in [-0.39, 0.29) is 6.61 Å². The van der Waals surface area contributed by atoms with E-state index in [1.165, 1.54) is 31.4 Å². The lowest BCUT2D eigenvalue weighted by Crippen LogP contribution is -2.18. The Hall–Kier alpha value is -2.82. The normalized spacial score (nSPS) is 10.0. The Morgan fingerprint density at radius 1 is 0.957 bits per heavy atom. The number of aryl methyl sites for hydroxylation is 2. The van der Waals surface area contributed by atoms with Crippen molar-refractivity contribution in [1.82, 2.24) is 0 Å². The van der Waals surface area contributed by atoms with Crippen LogP contribution in [0, 0.1) is 13.8 Å². The van der Waals surface area contributed by atoms with Gasteiger partial charge in [-0.25, -0.2) is 9.59 Å². The Kier molecular flexibility index (Phi) is 5.36. The maximum Gasteiger partial charge on any atom is 0.349 e. The molecule has 2 aromatic carbocycles. The standard InChI is InChI=1S/C18H18O5/c1-12-5-4-6-13(2)17(12)22-11-16(19)23-15-9-7-14(8-10-15)18(20)21-3/h4-10H,11H2,1-3H3. The first-order valence-corrected chi connectivity index (χ1v) is 7.09. The number of hydrogen-bond acceptors (Lipinski definition) is 5. The van der Waals surface area contributed by atoms with Crippen molar-refractivity contribution in [2.24, 2.45) is 0 Å². The molecule has 120 valence electrons. The van der Waals surface area contributed by atoms with Gasteiger partial charge in [-0.15, -0.1) is 0 Å². The van der Waals surface area contributed by atoms with Gasteiger partial charge in [0.15, 0.2) is 6.61 Å². The van der Waals surface area contributed by atoms with Gasteiger partial charge in [0, 0.05) is 0 Å². The molecule has 0 radical (unpaired) electrons. The van der Waals surface area contributed by atoms with Crippen LogP contribution in [-0.2, 0) is 9.53 Å². The van der Waals surface area contributed by atoms with E-state index in [2.05, 4.69) is 4.74 Å². The highest BCUT2D eigenvalue weighted by Gasteiger charge is 2.10. The molecule has 0 bridgehead atoms. The second-order valence-corrected chi connectivity index (χ2v) is 5.00. The van der Waals surface area contributed by atoms with E-state index >= 15 is 0 Å². The van der Waals surface area contributed by atoms with E-state index in [1.807, 2.05) is 32.0 Å². The smallest absolute Gasteiger partial charge is 0.349 e. The second-order valence-electron chi connectivity index (χ2n) is 5.00. The van der Waals surface area contributed by atoms with Crippen LogP contribution in [-0.4, -0.2) is 25.7 Å². The number of hydrogen-bond donors (Lipinski definition) is 0. The van der Waals surface area contributed by atoms with Crippen molar-refractivity contribution >= 4 is 11.9 Å². The van der Waals surface area contributed by atoms with Crippen LogP contribution in [0.1, 0.15) is 21.5 Å². The van der Waals surface area contributed by atoms with Crippen molar-refractivity contribution in [2.45, 2.75) is 13.8 Å². The number of methoxy groups -OCH3 is 1. The summed E-state index contributed by atoms with van der Waals surface area (Å²) in [5, 5.41) is 0. The predicted octanol–water partition coefficient (Wildman–Crippen LogP) is 3.07. The first-order chi connectivity index (χ1) is 11.0. The van der Waals surface area contributed by atoms with Gasteiger partial charge < -0.3 is 14.2 Å². The number of esters is 2. The number of rotatable bonds is 5. The average molecular weight is 314 g/mol. The van der Waals surface area contributed by atoms with Gasteiger partial charge in [0.05, 0.1) is 12.7 Å². The molecule has 0 unspecified atom stereocenters. The van der Waals surface area contributed by atoms with Gasteiger partial charge in [-0.2, -0.15) is 0 Å². The van der Waals surface area contributed by atoms with Gasteiger partial charge in [0.25, 0.3) is 0 Å². The molecule has 0 aliphatic heterocycles. The lowest BCUT2D eigenvalue weighted by molar-refractivity contribution is -0.136. The fourth-order valence-corrected chi connectivity index (χ4v) is 2.10. The van der Waals surface area contributed by atoms with Crippen molar-refractivity contribution in [3.63, 3.8) is 0 Å². The number of para-hydroxylation sites is 1. The van der Waals surface area contributed by atoms with Gasteiger partial charge in [-0.05, 0) is 49.2 Å². The van der Waals surface area contributed by atoms with E-state index in [4.69, 9.17) is 9.47 Å². The highest BCUT2D eigenvalue weighted by atomic mass is 16.6. The zero-order valence-corrected chi connectivity index (χ0v) is 13.3. The Balaban J connectivity index is 1.93. The molecule has 5 nitrogen and oxygen atoms in total. The Morgan fingerprint density at radius 2 is 1.57 bits per heavy atom. The summed E-state index contributed by atoms with van der Waals surface area (Å²) >= 11 is 0. The third-order valence-corrected chi connectivity index (χ3v) is 3.25. The number of benzene rings is 2. The largest absolute Gasteiger partial charge is 0.481 e. The summed E-state index contributed by atoms with van der Waals surface area (Å²) in [7, 11) is 1.31. The lowest BCUT2D eigenvalue weighted by atomic mass is 10.1. The minimum absolute atomic E-state index is 0.190. The van der Waals surface area contributed by atoms with Crippen molar-refractivity contribution in [3.05, 3.63) is 59.2 Å². The maximum atomic E-state index is 11.8. The highest BCUT2D eigenvalue weighted by Crippen LogP contribution is 2.22. The zero-order valence-electron chi connectivity index (χ0n) is 13.3. The summed E-state index contributed by atoms with van der Waals surface area (Å²) in [5.74, 6) is 0.0676. The van der Waals surface area contributed by atoms with Crippen LogP contribution in [0.2, 0.25) is 0 Å². The van der Waals surface area contributed by atoms with Crippen molar-refractivity contribution in [1.29, 1.82) is 0 Å². The Bertz CT molecular complexity index is 684. The first kappa shape index (κ1) is 16.5. The summed E-state index contributed by atoms with van der Waals surface area (Å²) in [6, 6.07) is 11.9. The molecule has 0 spiro atoms. The minimum atomic E-state index is -0.515. The molecule has 0 atom stereocenters. The maximum absolute atomic E-state index is 11.8. The van der Waals surface area contributed by atoms with E-state index in [9.17, 15) is 9.59 Å². The van der Waals surface area contributed by atoms with Gasteiger partial charge in [-0.1, -0.05) is 18.2 Å². The molecule has 5 heteroatoms. The van der Waals surface area contributed by atoms with E-state index in [0.717, 1.165) is 11.1 Å². The van der Waals surface area contributed by atoms with Crippen molar-refractivity contribution in [2.75, 3.05) is 13.7 Å². The quantitative estimate of drug-likeness (QED) is 0.627. The zero-order chi connectivity index (χ0) is 16.8. The Labute approximate surface area is 134 Å².